The van der Waals surface area contributed by atoms with Gasteiger partial charge in [0.25, 0.3) is 0 Å². The Kier molecular flexibility index (Phi) is 1.80. The summed E-state index contributed by atoms with van der Waals surface area (Å²) in [6.45, 7) is 5.49. The van der Waals surface area contributed by atoms with Gasteiger partial charge in [0, 0.05) is 0 Å². The van der Waals surface area contributed by atoms with Gasteiger partial charge in [0.2, 0.25) is 0 Å². The molecule has 1 fully saturated rings. The maximum Gasteiger partial charge on any atom is -0.00200 e. The van der Waals surface area contributed by atoms with Crippen molar-refractivity contribution in [3.05, 3.63) is 11.6 Å². The first-order valence-electron chi connectivity index (χ1n) is 5.10. The molecular formula is C11H19N. The van der Waals surface area contributed by atoms with E-state index >= 15 is 0 Å². The van der Waals surface area contributed by atoms with Gasteiger partial charge >= 0.3 is 0 Å². The van der Waals surface area contributed by atoms with Gasteiger partial charge in [0.15, 0.2) is 0 Å². The van der Waals surface area contributed by atoms with Gasteiger partial charge < -0.3 is 5.73 Å². The highest BCUT2D eigenvalue weighted by molar-refractivity contribution is 5.23. The first-order valence-corrected chi connectivity index (χ1v) is 5.10. The molecule has 2 rings (SSSR count). The van der Waals surface area contributed by atoms with E-state index in [0.29, 0.717) is 5.41 Å². The predicted molar refractivity (Wildman–Crippen MR) is 51.7 cm³/mol. The Hall–Kier alpha value is -0.300. The zero-order valence-electron chi connectivity index (χ0n) is 8.14. The smallest absolute Gasteiger partial charge is 0.00200 e. The molecule has 0 bridgehead atoms. The second kappa shape index (κ2) is 2.59. The summed E-state index contributed by atoms with van der Waals surface area (Å²) in [6, 6.07) is 0. The molecule has 12 heavy (non-hydrogen) atoms. The van der Waals surface area contributed by atoms with Crippen LogP contribution in [-0.4, -0.2) is 6.54 Å². The standard InChI is InChI=1S/C11H19N/c1-3-8-4-5-10-9(8)6-11(10,2)7-12/h4,9-10H,3,5-7,12H2,1-2H3/t9-,10+,11-/m1/s1. The Labute approximate surface area is 75.0 Å². The molecule has 0 unspecified atom stereocenters. The maximum atomic E-state index is 5.79. The number of allylic oxidation sites excluding steroid dienone is 2. The lowest BCUT2D eigenvalue weighted by Crippen LogP contribution is -2.48. The molecule has 0 aliphatic heterocycles. The summed E-state index contributed by atoms with van der Waals surface area (Å²) >= 11 is 0. The van der Waals surface area contributed by atoms with Gasteiger partial charge in [-0.25, -0.2) is 0 Å². The van der Waals surface area contributed by atoms with Crippen molar-refractivity contribution in [1.29, 1.82) is 0 Å². The van der Waals surface area contributed by atoms with E-state index < -0.39 is 0 Å². The number of nitrogens with two attached hydrogens (primary N) is 1. The van der Waals surface area contributed by atoms with E-state index in [2.05, 4.69) is 19.9 Å². The summed E-state index contributed by atoms with van der Waals surface area (Å²) in [6.07, 6.45) is 6.34. The second-order valence-corrected chi connectivity index (χ2v) is 4.64. The third-order valence-electron chi connectivity index (χ3n) is 4.05. The zero-order valence-corrected chi connectivity index (χ0v) is 8.14. The van der Waals surface area contributed by atoms with Crippen LogP contribution >= 0.6 is 0 Å². The van der Waals surface area contributed by atoms with E-state index in [0.717, 1.165) is 18.4 Å². The van der Waals surface area contributed by atoms with Crippen molar-refractivity contribution in [3.63, 3.8) is 0 Å². The fraction of sp³-hybridized carbons (Fsp3) is 0.818. The molecule has 3 atom stereocenters. The lowest BCUT2D eigenvalue weighted by atomic mass is 9.54. The van der Waals surface area contributed by atoms with Gasteiger partial charge in [-0.05, 0) is 43.1 Å². The van der Waals surface area contributed by atoms with Gasteiger partial charge in [-0.15, -0.1) is 0 Å². The largest absolute Gasteiger partial charge is 0.330 e. The third-order valence-corrected chi connectivity index (χ3v) is 4.05. The molecule has 0 spiro atoms. The minimum Gasteiger partial charge on any atom is -0.330 e. The summed E-state index contributed by atoms with van der Waals surface area (Å²) in [7, 11) is 0. The summed E-state index contributed by atoms with van der Waals surface area (Å²) in [4.78, 5) is 0. The molecule has 2 N–H and O–H groups in total. The van der Waals surface area contributed by atoms with Crippen LogP contribution < -0.4 is 5.73 Å². The minimum atomic E-state index is 0.470. The van der Waals surface area contributed by atoms with Gasteiger partial charge in [-0.2, -0.15) is 0 Å². The molecule has 0 aromatic rings. The summed E-state index contributed by atoms with van der Waals surface area (Å²) in [5.74, 6) is 1.79. The minimum absolute atomic E-state index is 0.470. The topological polar surface area (TPSA) is 26.0 Å². The summed E-state index contributed by atoms with van der Waals surface area (Å²) in [5.41, 5.74) is 7.96. The van der Waals surface area contributed by atoms with Crippen molar-refractivity contribution in [3.8, 4) is 0 Å². The van der Waals surface area contributed by atoms with Gasteiger partial charge in [0.1, 0.15) is 0 Å². The van der Waals surface area contributed by atoms with Crippen molar-refractivity contribution in [2.75, 3.05) is 6.54 Å². The van der Waals surface area contributed by atoms with Crippen LogP contribution in [0.25, 0.3) is 0 Å². The van der Waals surface area contributed by atoms with Gasteiger partial charge in [-0.1, -0.05) is 25.5 Å². The molecule has 2 aliphatic carbocycles. The summed E-state index contributed by atoms with van der Waals surface area (Å²) < 4.78 is 0. The fourth-order valence-electron chi connectivity index (χ4n) is 3.03. The van der Waals surface area contributed by atoms with Crippen LogP contribution in [0.3, 0.4) is 0 Å². The molecular weight excluding hydrogens is 146 g/mol. The molecule has 0 aromatic carbocycles. The van der Waals surface area contributed by atoms with Gasteiger partial charge in [-0.3, -0.25) is 0 Å². The van der Waals surface area contributed by atoms with Crippen LogP contribution in [-0.2, 0) is 0 Å². The van der Waals surface area contributed by atoms with Crippen LogP contribution in [0.15, 0.2) is 11.6 Å². The lowest BCUT2D eigenvalue weighted by molar-refractivity contribution is 0.0145. The van der Waals surface area contributed by atoms with E-state index in [9.17, 15) is 0 Å². The normalized spacial score (nSPS) is 45.1. The average molecular weight is 165 g/mol. The van der Waals surface area contributed by atoms with Crippen LogP contribution in [0.1, 0.15) is 33.1 Å². The van der Waals surface area contributed by atoms with E-state index in [4.69, 9.17) is 5.73 Å². The van der Waals surface area contributed by atoms with Gasteiger partial charge in [0.05, 0.1) is 0 Å². The maximum absolute atomic E-state index is 5.79. The molecule has 0 aromatic heterocycles. The van der Waals surface area contributed by atoms with Crippen molar-refractivity contribution in [2.45, 2.75) is 33.1 Å². The molecule has 1 nitrogen and oxygen atoms in total. The van der Waals surface area contributed by atoms with E-state index in [-0.39, 0.29) is 0 Å². The van der Waals surface area contributed by atoms with Crippen LogP contribution in [0.2, 0.25) is 0 Å². The van der Waals surface area contributed by atoms with Crippen molar-refractivity contribution < 1.29 is 0 Å². The molecule has 68 valence electrons. The number of rotatable bonds is 2. The highest BCUT2D eigenvalue weighted by Gasteiger charge is 2.51. The first-order chi connectivity index (χ1) is 5.71. The molecule has 0 heterocycles. The Morgan fingerprint density at radius 2 is 2.42 bits per heavy atom. The quantitative estimate of drug-likeness (QED) is 0.624. The lowest BCUT2D eigenvalue weighted by Gasteiger charge is -2.51. The predicted octanol–water partition coefficient (Wildman–Crippen LogP) is 2.33. The van der Waals surface area contributed by atoms with Crippen LogP contribution in [0.4, 0.5) is 0 Å². The molecule has 2 aliphatic rings. The van der Waals surface area contributed by atoms with Crippen LogP contribution in [0, 0.1) is 17.3 Å². The Balaban J connectivity index is 2.06. The molecule has 1 heteroatoms. The summed E-state index contributed by atoms with van der Waals surface area (Å²) in [5, 5.41) is 0. The SMILES string of the molecule is CCC1=CC[C@H]2[C@@H]1C[C@]2(C)CN. The first kappa shape index (κ1) is 8.31. The number of hydrogen-bond acceptors (Lipinski definition) is 1. The molecule has 0 radical (unpaired) electrons. The molecule has 1 saturated carbocycles. The molecule has 0 saturated heterocycles. The van der Waals surface area contributed by atoms with E-state index in [1.54, 1.807) is 5.57 Å². The second-order valence-electron chi connectivity index (χ2n) is 4.64. The van der Waals surface area contributed by atoms with E-state index in [1.165, 1.54) is 19.3 Å². The highest BCUT2D eigenvalue weighted by atomic mass is 14.7. The Morgan fingerprint density at radius 1 is 1.67 bits per heavy atom. The van der Waals surface area contributed by atoms with Crippen molar-refractivity contribution >= 4 is 0 Å². The van der Waals surface area contributed by atoms with Crippen molar-refractivity contribution in [2.24, 2.45) is 23.0 Å². The third kappa shape index (κ3) is 0.891. The number of hydrogen-bond donors (Lipinski definition) is 1. The monoisotopic (exact) mass is 165 g/mol. The zero-order chi connectivity index (χ0) is 8.77. The number of fused-ring (bicyclic) bond motifs is 1. The highest BCUT2D eigenvalue weighted by Crippen LogP contribution is 2.58. The average Bonchev–Trinajstić information content (AvgIpc) is 2.42. The van der Waals surface area contributed by atoms with E-state index in [1.807, 2.05) is 0 Å². The van der Waals surface area contributed by atoms with Crippen LogP contribution in [0.5, 0.6) is 0 Å². The van der Waals surface area contributed by atoms with Crippen molar-refractivity contribution in [1.82, 2.24) is 0 Å². The molecule has 0 amide bonds. The Morgan fingerprint density at radius 3 is 3.00 bits per heavy atom. The Bertz CT molecular complexity index is 219. The fourth-order valence-corrected chi connectivity index (χ4v) is 3.03.